The fourth-order valence-corrected chi connectivity index (χ4v) is 3.52. The van der Waals surface area contributed by atoms with Crippen molar-refractivity contribution in [3.8, 4) is 11.5 Å². The number of rotatable bonds is 4. The van der Waals surface area contributed by atoms with E-state index in [2.05, 4.69) is 0 Å². The second-order valence-corrected chi connectivity index (χ2v) is 6.42. The summed E-state index contributed by atoms with van der Waals surface area (Å²) in [6.45, 7) is 0. The Hall–Kier alpha value is -0.930. The predicted molar refractivity (Wildman–Crippen MR) is 80.6 cm³/mol. The third-order valence-electron chi connectivity index (χ3n) is 4.63. The Labute approximate surface area is 125 Å². The minimum Gasteiger partial charge on any atom is -0.493 e. The summed E-state index contributed by atoms with van der Waals surface area (Å²) in [5.74, 6) is 1.49. The van der Waals surface area contributed by atoms with Gasteiger partial charge in [0.15, 0.2) is 11.5 Å². The quantitative estimate of drug-likeness (QED) is 0.913. The van der Waals surface area contributed by atoms with Gasteiger partial charge in [0.25, 0.3) is 0 Å². The van der Waals surface area contributed by atoms with Gasteiger partial charge in [0.2, 0.25) is 0 Å². The lowest BCUT2D eigenvalue weighted by Crippen LogP contribution is -2.43. The number of halogens is 1. The predicted octanol–water partition coefficient (Wildman–Crippen LogP) is 4.01. The van der Waals surface area contributed by atoms with E-state index in [0.717, 1.165) is 49.2 Å². The average Bonchev–Trinajstić information content (AvgIpc) is 2.89. The topological polar surface area (TPSA) is 44.5 Å². The SMILES string of the molecule is COc1cc(C2(N)CCC2)c(Cl)cc1OC1CCCC1. The highest BCUT2D eigenvalue weighted by Crippen LogP contribution is 2.45. The van der Waals surface area contributed by atoms with Gasteiger partial charge >= 0.3 is 0 Å². The van der Waals surface area contributed by atoms with E-state index in [0.29, 0.717) is 11.1 Å². The molecule has 2 N–H and O–H groups in total. The van der Waals surface area contributed by atoms with E-state index in [1.54, 1.807) is 7.11 Å². The van der Waals surface area contributed by atoms with Crippen LogP contribution in [0.2, 0.25) is 5.02 Å². The van der Waals surface area contributed by atoms with Crippen molar-refractivity contribution in [3.05, 3.63) is 22.7 Å². The molecule has 3 nitrogen and oxygen atoms in total. The van der Waals surface area contributed by atoms with Crippen LogP contribution in [0.5, 0.6) is 11.5 Å². The maximum atomic E-state index is 6.43. The van der Waals surface area contributed by atoms with E-state index in [1.165, 1.54) is 12.8 Å². The van der Waals surface area contributed by atoms with Crippen LogP contribution in [0.4, 0.5) is 0 Å². The minimum atomic E-state index is -0.281. The van der Waals surface area contributed by atoms with Crippen LogP contribution >= 0.6 is 11.6 Å². The van der Waals surface area contributed by atoms with Crippen molar-refractivity contribution >= 4 is 11.6 Å². The third kappa shape index (κ3) is 2.49. The highest BCUT2D eigenvalue weighted by Gasteiger charge is 2.37. The number of methoxy groups -OCH3 is 1. The van der Waals surface area contributed by atoms with E-state index in [-0.39, 0.29) is 5.54 Å². The standard InChI is InChI=1S/C16H22ClNO2/c1-19-14-9-12(16(18)7-4-8-16)13(17)10-15(14)20-11-5-2-3-6-11/h9-11H,2-8,18H2,1H3. The Morgan fingerprint density at radius 3 is 2.40 bits per heavy atom. The summed E-state index contributed by atoms with van der Waals surface area (Å²) >= 11 is 6.43. The monoisotopic (exact) mass is 295 g/mol. The van der Waals surface area contributed by atoms with E-state index in [4.69, 9.17) is 26.8 Å². The molecule has 0 bridgehead atoms. The molecule has 2 saturated carbocycles. The van der Waals surface area contributed by atoms with Gasteiger partial charge in [-0.1, -0.05) is 11.6 Å². The minimum absolute atomic E-state index is 0.281. The molecule has 2 aliphatic carbocycles. The van der Waals surface area contributed by atoms with Crippen molar-refractivity contribution < 1.29 is 9.47 Å². The van der Waals surface area contributed by atoms with Crippen LogP contribution in [0.15, 0.2) is 12.1 Å². The first-order valence-corrected chi connectivity index (χ1v) is 7.84. The van der Waals surface area contributed by atoms with Gasteiger partial charge in [0.05, 0.1) is 13.2 Å². The molecule has 0 amide bonds. The van der Waals surface area contributed by atoms with Gasteiger partial charge in [-0.2, -0.15) is 0 Å². The Kier molecular flexibility index (Phi) is 3.83. The largest absolute Gasteiger partial charge is 0.493 e. The van der Waals surface area contributed by atoms with Crippen molar-refractivity contribution in [1.29, 1.82) is 0 Å². The molecule has 0 spiro atoms. The zero-order valence-electron chi connectivity index (χ0n) is 12.0. The molecular formula is C16H22ClNO2. The Morgan fingerprint density at radius 1 is 1.15 bits per heavy atom. The van der Waals surface area contributed by atoms with Crippen LogP contribution in [-0.4, -0.2) is 13.2 Å². The van der Waals surface area contributed by atoms with Gasteiger partial charge in [0, 0.05) is 16.6 Å². The van der Waals surface area contributed by atoms with Crippen molar-refractivity contribution in [2.45, 2.75) is 56.6 Å². The van der Waals surface area contributed by atoms with E-state index >= 15 is 0 Å². The van der Waals surface area contributed by atoms with Crippen molar-refractivity contribution in [2.75, 3.05) is 7.11 Å². The van der Waals surface area contributed by atoms with Crippen LogP contribution in [0.1, 0.15) is 50.5 Å². The number of ether oxygens (including phenoxy) is 2. The fourth-order valence-electron chi connectivity index (χ4n) is 3.18. The smallest absolute Gasteiger partial charge is 0.163 e. The Bertz CT molecular complexity index is 493. The first-order valence-electron chi connectivity index (χ1n) is 7.46. The molecule has 0 atom stereocenters. The molecule has 0 unspecified atom stereocenters. The molecule has 0 saturated heterocycles. The lowest BCUT2D eigenvalue weighted by molar-refractivity contribution is 0.199. The van der Waals surface area contributed by atoms with Crippen LogP contribution in [0.25, 0.3) is 0 Å². The van der Waals surface area contributed by atoms with E-state index in [9.17, 15) is 0 Å². The highest BCUT2D eigenvalue weighted by molar-refractivity contribution is 6.31. The van der Waals surface area contributed by atoms with Crippen LogP contribution in [-0.2, 0) is 5.54 Å². The summed E-state index contributed by atoms with van der Waals surface area (Å²) in [7, 11) is 1.67. The average molecular weight is 296 g/mol. The van der Waals surface area contributed by atoms with Gasteiger partial charge < -0.3 is 15.2 Å². The lowest BCUT2D eigenvalue weighted by atomic mass is 9.72. The van der Waals surface area contributed by atoms with Gasteiger partial charge in [-0.25, -0.2) is 0 Å². The van der Waals surface area contributed by atoms with Crippen molar-refractivity contribution in [3.63, 3.8) is 0 Å². The molecule has 110 valence electrons. The molecule has 4 heteroatoms. The molecule has 3 rings (SSSR count). The van der Waals surface area contributed by atoms with Crippen LogP contribution in [0.3, 0.4) is 0 Å². The summed E-state index contributed by atoms with van der Waals surface area (Å²) in [6, 6.07) is 3.84. The number of benzene rings is 1. The molecule has 0 aromatic heterocycles. The zero-order chi connectivity index (χ0) is 14.2. The first-order chi connectivity index (χ1) is 9.62. The van der Waals surface area contributed by atoms with Gasteiger partial charge in [0.1, 0.15) is 0 Å². The van der Waals surface area contributed by atoms with Crippen LogP contribution in [0, 0.1) is 0 Å². The molecule has 0 aliphatic heterocycles. The van der Waals surface area contributed by atoms with Crippen molar-refractivity contribution in [2.24, 2.45) is 5.73 Å². The van der Waals surface area contributed by atoms with Crippen molar-refractivity contribution in [1.82, 2.24) is 0 Å². The molecule has 20 heavy (non-hydrogen) atoms. The molecule has 2 aliphatic rings. The first kappa shape index (κ1) is 14.0. The van der Waals surface area contributed by atoms with Gasteiger partial charge in [-0.15, -0.1) is 0 Å². The normalized spacial score (nSPS) is 21.6. The number of hydrogen-bond donors (Lipinski definition) is 1. The second kappa shape index (κ2) is 5.45. The van der Waals surface area contributed by atoms with Crippen LogP contribution < -0.4 is 15.2 Å². The second-order valence-electron chi connectivity index (χ2n) is 6.02. The lowest BCUT2D eigenvalue weighted by Gasteiger charge is -2.39. The Balaban J connectivity index is 1.88. The van der Waals surface area contributed by atoms with E-state index in [1.807, 2.05) is 12.1 Å². The summed E-state index contributed by atoms with van der Waals surface area (Å²) < 4.78 is 11.5. The molecule has 0 heterocycles. The third-order valence-corrected chi connectivity index (χ3v) is 4.94. The van der Waals surface area contributed by atoms with E-state index < -0.39 is 0 Å². The summed E-state index contributed by atoms with van der Waals surface area (Å²) in [5, 5.41) is 0.695. The molecule has 2 fully saturated rings. The maximum Gasteiger partial charge on any atom is 0.163 e. The zero-order valence-corrected chi connectivity index (χ0v) is 12.7. The van der Waals surface area contributed by atoms with Gasteiger partial charge in [-0.3, -0.25) is 0 Å². The molecule has 1 aromatic carbocycles. The van der Waals surface area contributed by atoms with Gasteiger partial charge in [-0.05, 0) is 56.6 Å². The number of nitrogens with two attached hydrogens (primary N) is 1. The fraction of sp³-hybridized carbons (Fsp3) is 0.625. The summed E-state index contributed by atoms with van der Waals surface area (Å²) in [5.41, 5.74) is 7.09. The Morgan fingerprint density at radius 2 is 1.85 bits per heavy atom. The molecular weight excluding hydrogens is 274 g/mol. The maximum absolute atomic E-state index is 6.43. The summed E-state index contributed by atoms with van der Waals surface area (Å²) in [6.07, 6.45) is 8.14. The summed E-state index contributed by atoms with van der Waals surface area (Å²) in [4.78, 5) is 0. The molecule has 1 aromatic rings. The molecule has 0 radical (unpaired) electrons. The number of hydrogen-bond acceptors (Lipinski definition) is 3. The highest BCUT2D eigenvalue weighted by atomic mass is 35.5.